The quantitative estimate of drug-likeness (QED) is 0.861. The van der Waals surface area contributed by atoms with Crippen LogP contribution in [0.3, 0.4) is 0 Å². The summed E-state index contributed by atoms with van der Waals surface area (Å²) in [6.45, 7) is 2.66. The van der Waals surface area contributed by atoms with E-state index in [1.54, 1.807) is 18.0 Å². The molecule has 4 nitrogen and oxygen atoms in total. The van der Waals surface area contributed by atoms with Crippen molar-refractivity contribution in [2.75, 3.05) is 6.61 Å². The fourth-order valence-corrected chi connectivity index (χ4v) is 1.84. The van der Waals surface area contributed by atoms with Crippen LogP contribution in [0.1, 0.15) is 6.92 Å². The number of nitrogens with one attached hydrogen (secondary N) is 1. The van der Waals surface area contributed by atoms with Gasteiger partial charge < -0.3 is 4.74 Å². The molecular weight excluding hydrogens is 210 g/mol. The molecule has 0 unspecified atom stereocenters. The average molecular weight is 221 g/mol. The van der Waals surface area contributed by atoms with Gasteiger partial charge in [-0.2, -0.15) is 10.3 Å². The van der Waals surface area contributed by atoms with Gasteiger partial charge in [-0.3, -0.25) is 0 Å². The first kappa shape index (κ1) is 10.0. The van der Waals surface area contributed by atoms with Crippen molar-refractivity contribution in [3.8, 4) is 5.75 Å². The van der Waals surface area contributed by atoms with E-state index >= 15 is 0 Å². The molecular formula is C10H11N3OS. The molecule has 0 bridgehead atoms. The highest BCUT2D eigenvalue weighted by molar-refractivity contribution is 7.99. The zero-order valence-corrected chi connectivity index (χ0v) is 9.12. The largest absolute Gasteiger partial charge is 0.494 e. The molecule has 0 atom stereocenters. The highest BCUT2D eigenvalue weighted by atomic mass is 32.2. The summed E-state index contributed by atoms with van der Waals surface area (Å²) in [5.41, 5.74) is 0. The maximum absolute atomic E-state index is 5.35. The first-order valence-corrected chi connectivity index (χ1v) is 5.46. The van der Waals surface area contributed by atoms with E-state index < -0.39 is 0 Å². The second-order valence-electron chi connectivity index (χ2n) is 2.81. The molecule has 1 aromatic heterocycles. The van der Waals surface area contributed by atoms with Crippen LogP contribution < -0.4 is 4.74 Å². The van der Waals surface area contributed by atoms with Crippen molar-refractivity contribution in [1.82, 2.24) is 15.4 Å². The Morgan fingerprint density at radius 1 is 1.33 bits per heavy atom. The van der Waals surface area contributed by atoms with Crippen LogP contribution in [-0.2, 0) is 0 Å². The minimum Gasteiger partial charge on any atom is -0.494 e. The first-order valence-electron chi connectivity index (χ1n) is 4.65. The van der Waals surface area contributed by atoms with E-state index in [0.29, 0.717) is 6.61 Å². The van der Waals surface area contributed by atoms with Gasteiger partial charge in [0.15, 0.2) is 0 Å². The molecule has 1 aromatic carbocycles. The smallest absolute Gasteiger partial charge is 0.143 e. The third-order valence-corrected chi connectivity index (χ3v) is 2.66. The van der Waals surface area contributed by atoms with Crippen molar-refractivity contribution >= 4 is 11.8 Å². The molecule has 0 spiro atoms. The molecule has 0 saturated heterocycles. The van der Waals surface area contributed by atoms with Crippen LogP contribution in [0.4, 0.5) is 0 Å². The Labute approximate surface area is 92.0 Å². The van der Waals surface area contributed by atoms with Gasteiger partial charge in [0.2, 0.25) is 0 Å². The highest BCUT2D eigenvalue weighted by Crippen LogP contribution is 2.26. The standard InChI is InChI=1S/C10H11N3OS/c1-2-14-8-3-5-9(6-4-8)15-10-7-11-13-12-10/h3-7H,2H2,1H3,(H,11,12,13). The van der Waals surface area contributed by atoms with Crippen LogP contribution in [0, 0.1) is 0 Å². The van der Waals surface area contributed by atoms with Crippen molar-refractivity contribution in [2.45, 2.75) is 16.8 Å². The lowest BCUT2D eigenvalue weighted by Crippen LogP contribution is -1.90. The van der Waals surface area contributed by atoms with Crippen LogP contribution in [0.25, 0.3) is 0 Å². The van der Waals surface area contributed by atoms with Gasteiger partial charge in [-0.05, 0) is 31.2 Å². The summed E-state index contributed by atoms with van der Waals surface area (Å²) in [5, 5.41) is 11.1. The van der Waals surface area contributed by atoms with Gasteiger partial charge in [0.05, 0.1) is 12.8 Å². The van der Waals surface area contributed by atoms with E-state index in [2.05, 4.69) is 15.4 Å². The van der Waals surface area contributed by atoms with Crippen LogP contribution in [0.5, 0.6) is 5.75 Å². The number of aromatic nitrogens is 3. The normalized spacial score (nSPS) is 10.2. The summed E-state index contributed by atoms with van der Waals surface area (Å²) in [6, 6.07) is 7.91. The van der Waals surface area contributed by atoms with Crippen LogP contribution in [0.15, 0.2) is 40.4 Å². The molecule has 0 saturated carbocycles. The van der Waals surface area contributed by atoms with Crippen LogP contribution in [0.2, 0.25) is 0 Å². The highest BCUT2D eigenvalue weighted by Gasteiger charge is 2.00. The fourth-order valence-electron chi connectivity index (χ4n) is 1.13. The average Bonchev–Trinajstić information content (AvgIpc) is 2.74. The number of benzene rings is 1. The van der Waals surface area contributed by atoms with Crippen molar-refractivity contribution in [3.05, 3.63) is 30.5 Å². The number of nitrogens with zero attached hydrogens (tertiary/aromatic N) is 2. The Kier molecular flexibility index (Phi) is 3.24. The van der Waals surface area contributed by atoms with Crippen molar-refractivity contribution in [1.29, 1.82) is 0 Å². The Morgan fingerprint density at radius 3 is 2.73 bits per heavy atom. The first-order chi connectivity index (χ1) is 7.38. The number of H-pyrrole nitrogens is 1. The second kappa shape index (κ2) is 4.84. The van der Waals surface area contributed by atoms with Gasteiger partial charge in [-0.25, -0.2) is 0 Å². The molecule has 0 aliphatic carbocycles. The third-order valence-electron chi connectivity index (χ3n) is 1.75. The van der Waals surface area contributed by atoms with Gasteiger partial charge in [0.1, 0.15) is 10.8 Å². The Balaban J connectivity index is 2.04. The van der Waals surface area contributed by atoms with Gasteiger partial charge >= 0.3 is 0 Å². The van der Waals surface area contributed by atoms with E-state index in [4.69, 9.17) is 4.74 Å². The van der Waals surface area contributed by atoms with Crippen LogP contribution in [-0.4, -0.2) is 22.0 Å². The second-order valence-corrected chi connectivity index (χ2v) is 3.91. The summed E-state index contributed by atoms with van der Waals surface area (Å²) in [5.74, 6) is 0.891. The zero-order valence-electron chi connectivity index (χ0n) is 8.30. The molecule has 5 heteroatoms. The maximum atomic E-state index is 5.35. The van der Waals surface area contributed by atoms with E-state index in [9.17, 15) is 0 Å². The predicted octanol–water partition coefficient (Wildman–Crippen LogP) is 2.35. The summed E-state index contributed by atoms with van der Waals surface area (Å²) in [6.07, 6.45) is 1.70. The van der Waals surface area contributed by atoms with Crippen molar-refractivity contribution in [3.63, 3.8) is 0 Å². The molecule has 15 heavy (non-hydrogen) atoms. The lowest BCUT2D eigenvalue weighted by Gasteiger charge is -2.03. The number of aromatic amines is 1. The fraction of sp³-hybridized carbons (Fsp3) is 0.200. The van der Waals surface area contributed by atoms with Gasteiger partial charge in [-0.15, -0.1) is 5.10 Å². The van der Waals surface area contributed by atoms with Crippen molar-refractivity contribution < 1.29 is 4.74 Å². The molecule has 78 valence electrons. The lowest BCUT2D eigenvalue weighted by molar-refractivity contribution is 0.340. The number of hydrogen-bond donors (Lipinski definition) is 1. The number of rotatable bonds is 4. The number of ether oxygens (including phenoxy) is 1. The molecule has 0 aliphatic rings. The Hall–Kier alpha value is -1.49. The molecule has 0 amide bonds. The molecule has 1 heterocycles. The monoisotopic (exact) mass is 221 g/mol. The third kappa shape index (κ3) is 2.73. The summed E-state index contributed by atoms with van der Waals surface area (Å²) < 4.78 is 5.35. The summed E-state index contributed by atoms with van der Waals surface area (Å²) >= 11 is 1.56. The predicted molar refractivity (Wildman–Crippen MR) is 58.1 cm³/mol. The Bertz CT molecular complexity index is 399. The van der Waals surface area contributed by atoms with Gasteiger partial charge in [-0.1, -0.05) is 11.8 Å². The molecule has 2 rings (SSSR count). The topological polar surface area (TPSA) is 50.8 Å². The maximum Gasteiger partial charge on any atom is 0.143 e. The van der Waals surface area contributed by atoms with E-state index in [1.807, 2.05) is 31.2 Å². The summed E-state index contributed by atoms with van der Waals surface area (Å²) in [7, 11) is 0. The van der Waals surface area contributed by atoms with E-state index in [-0.39, 0.29) is 0 Å². The summed E-state index contributed by atoms with van der Waals surface area (Å²) in [4.78, 5) is 1.12. The number of hydrogen-bond acceptors (Lipinski definition) is 4. The molecule has 0 aliphatic heterocycles. The lowest BCUT2D eigenvalue weighted by atomic mass is 10.3. The van der Waals surface area contributed by atoms with Gasteiger partial charge in [0.25, 0.3) is 0 Å². The molecule has 0 fully saturated rings. The Morgan fingerprint density at radius 2 is 2.13 bits per heavy atom. The van der Waals surface area contributed by atoms with Crippen molar-refractivity contribution in [2.24, 2.45) is 0 Å². The van der Waals surface area contributed by atoms with E-state index in [1.165, 1.54) is 0 Å². The minimum absolute atomic E-state index is 0.690. The SMILES string of the molecule is CCOc1ccc(Sc2cn[nH]n2)cc1. The van der Waals surface area contributed by atoms with Gasteiger partial charge in [0, 0.05) is 4.90 Å². The molecule has 1 N–H and O–H groups in total. The molecule has 2 aromatic rings. The van der Waals surface area contributed by atoms with Crippen LogP contribution >= 0.6 is 11.8 Å². The molecule has 0 radical (unpaired) electrons. The van der Waals surface area contributed by atoms with E-state index in [0.717, 1.165) is 15.7 Å². The zero-order chi connectivity index (χ0) is 10.5. The minimum atomic E-state index is 0.690.